The summed E-state index contributed by atoms with van der Waals surface area (Å²) in [5.74, 6) is 1.12. The van der Waals surface area contributed by atoms with E-state index < -0.39 is 0 Å². The third kappa shape index (κ3) is 4.18. The van der Waals surface area contributed by atoms with Gasteiger partial charge in [0.2, 0.25) is 0 Å². The monoisotopic (exact) mass is 393 g/mol. The molecule has 142 valence electrons. The molecule has 3 rings (SSSR count). The van der Waals surface area contributed by atoms with Crippen LogP contribution in [0.5, 0.6) is 11.5 Å². The van der Waals surface area contributed by atoms with Gasteiger partial charge < -0.3 is 9.47 Å². The van der Waals surface area contributed by atoms with Crippen LogP contribution in [0.4, 0.5) is 5.69 Å². The number of aliphatic imine (C=N–C) groups is 1. The highest BCUT2D eigenvalue weighted by molar-refractivity contribution is 8.15. The molecule has 1 amide bonds. The van der Waals surface area contributed by atoms with Gasteiger partial charge in [0.15, 0.2) is 5.17 Å². The molecule has 0 unspecified atom stereocenters. The van der Waals surface area contributed by atoms with Gasteiger partial charge in [0.25, 0.3) is 5.91 Å². The molecule has 28 heavy (non-hydrogen) atoms. The van der Waals surface area contributed by atoms with Crippen molar-refractivity contribution in [3.05, 3.63) is 59.8 Å². The van der Waals surface area contributed by atoms with E-state index in [0.717, 1.165) is 11.3 Å². The van der Waals surface area contributed by atoms with Crippen molar-refractivity contribution >= 4 is 34.6 Å². The first-order chi connectivity index (χ1) is 13.5. The number of nitriles is 1. The van der Waals surface area contributed by atoms with Gasteiger partial charge in [-0.15, -0.1) is 0 Å². The number of methoxy groups -OCH3 is 2. The lowest BCUT2D eigenvalue weighted by atomic mass is 10.2. The zero-order chi connectivity index (χ0) is 20.1. The van der Waals surface area contributed by atoms with Crippen LogP contribution < -0.4 is 14.4 Å². The van der Waals surface area contributed by atoms with E-state index >= 15 is 0 Å². The van der Waals surface area contributed by atoms with Crippen LogP contribution in [0.25, 0.3) is 6.08 Å². The largest absolute Gasteiger partial charge is 0.497 e. The highest BCUT2D eigenvalue weighted by Crippen LogP contribution is 2.32. The molecule has 6 nitrogen and oxygen atoms in total. The summed E-state index contributed by atoms with van der Waals surface area (Å²) in [5, 5.41) is 9.29. The van der Waals surface area contributed by atoms with E-state index in [0.29, 0.717) is 22.3 Å². The fourth-order valence-electron chi connectivity index (χ4n) is 2.60. The highest BCUT2D eigenvalue weighted by Gasteiger charge is 2.33. The molecule has 0 fully saturated rings. The van der Waals surface area contributed by atoms with Crippen LogP contribution in [0.2, 0.25) is 0 Å². The maximum Gasteiger partial charge on any atom is 0.283 e. The van der Waals surface area contributed by atoms with Crippen molar-refractivity contribution in [3.63, 3.8) is 0 Å². The van der Waals surface area contributed by atoms with Crippen molar-refractivity contribution in [2.24, 2.45) is 4.99 Å². The Labute approximate surface area is 168 Å². The van der Waals surface area contributed by atoms with Crippen molar-refractivity contribution < 1.29 is 14.3 Å². The van der Waals surface area contributed by atoms with E-state index in [1.807, 2.05) is 36.4 Å². The fraction of sp³-hybridized carbons (Fsp3) is 0.190. The second-order valence-corrected chi connectivity index (χ2v) is 7.24. The molecule has 0 bridgehead atoms. The fourth-order valence-corrected chi connectivity index (χ4v) is 3.41. The van der Waals surface area contributed by atoms with Crippen LogP contribution in [0.3, 0.4) is 0 Å². The Kier molecular flexibility index (Phi) is 6.02. The van der Waals surface area contributed by atoms with E-state index in [-0.39, 0.29) is 11.2 Å². The summed E-state index contributed by atoms with van der Waals surface area (Å²) in [6.07, 6.45) is 1.72. The lowest BCUT2D eigenvalue weighted by Crippen LogP contribution is -2.31. The maximum absolute atomic E-state index is 13.1. The summed E-state index contributed by atoms with van der Waals surface area (Å²) >= 11 is 1.24. The summed E-state index contributed by atoms with van der Waals surface area (Å²) in [7, 11) is 3.17. The highest BCUT2D eigenvalue weighted by atomic mass is 32.2. The molecule has 1 heterocycles. The Balaban J connectivity index is 1.99. The standard InChI is InChI=1S/C21H19N3O3S/c1-14(13-22)28-21-23-19(11-15-7-9-17(26-2)10-8-15)20(25)24(21)16-5-4-6-18(12-16)27-3/h4-12,14H,1-3H3/b19-11-/t14-/m0/s1. The van der Waals surface area contributed by atoms with Crippen LogP contribution in [0.15, 0.2) is 59.2 Å². The van der Waals surface area contributed by atoms with Gasteiger partial charge >= 0.3 is 0 Å². The second-order valence-electron chi connectivity index (χ2n) is 5.93. The number of hydrogen-bond acceptors (Lipinski definition) is 6. The van der Waals surface area contributed by atoms with Crippen molar-refractivity contribution in [3.8, 4) is 17.6 Å². The van der Waals surface area contributed by atoms with Gasteiger partial charge in [-0.05, 0) is 42.8 Å². The molecule has 0 radical (unpaired) electrons. The molecule has 0 saturated carbocycles. The van der Waals surface area contributed by atoms with Crippen LogP contribution in [-0.4, -0.2) is 30.5 Å². The molecule has 1 atom stereocenters. The van der Waals surface area contributed by atoms with Gasteiger partial charge in [0.05, 0.1) is 31.2 Å². The first-order valence-corrected chi connectivity index (χ1v) is 9.43. The van der Waals surface area contributed by atoms with E-state index in [2.05, 4.69) is 11.1 Å². The van der Waals surface area contributed by atoms with Crippen LogP contribution in [-0.2, 0) is 4.79 Å². The van der Waals surface area contributed by atoms with Crippen LogP contribution in [0, 0.1) is 11.3 Å². The lowest BCUT2D eigenvalue weighted by Gasteiger charge is -2.18. The Morgan fingerprint density at radius 1 is 1.14 bits per heavy atom. The molecule has 7 heteroatoms. The number of ether oxygens (including phenoxy) is 2. The summed E-state index contributed by atoms with van der Waals surface area (Å²) in [6, 6.07) is 16.7. The summed E-state index contributed by atoms with van der Waals surface area (Å²) in [4.78, 5) is 19.1. The summed E-state index contributed by atoms with van der Waals surface area (Å²) < 4.78 is 10.4. The predicted octanol–water partition coefficient (Wildman–Crippen LogP) is 4.09. The third-order valence-electron chi connectivity index (χ3n) is 4.02. The van der Waals surface area contributed by atoms with Gasteiger partial charge in [-0.3, -0.25) is 9.69 Å². The third-order valence-corrected chi connectivity index (χ3v) is 4.97. The number of nitrogens with zero attached hydrogens (tertiary/aromatic N) is 3. The van der Waals surface area contributed by atoms with E-state index in [1.54, 1.807) is 39.4 Å². The number of thioether (sulfide) groups is 1. The Morgan fingerprint density at radius 3 is 2.50 bits per heavy atom. The Bertz CT molecular complexity index is 977. The molecule has 2 aromatic carbocycles. The van der Waals surface area contributed by atoms with Crippen molar-refractivity contribution in [2.75, 3.05) is 19.1 Å². The molecule has 2 aromatic rings. The molecule has 1 aliphatic heterocycles. The summed E-state index contributed by atoms with van der Waals surface area (Å²) in [5.41, 5.74) is 1.78. The number of carbonyl (C=O) groups excluding carboxylic acids is 1. The Hall–Kier alpha value is -3.24. The number of anilines is 1. The molecular formula is C21H19N3O3S. The van der Waals surface area contributed by atoms with Gasteiger partial charge in [0, 0.05) is 6.07 Å². The second kappa shape index (κ2) is 8.63. The van der Waals surface area contributed by atoms with Crippen LogP contribution in [0.1, 0.15) is 12.5 Å². The molecule has 1 aliphatic rings. The van der Waals surface area contributed by atoms with Crippen LogP contribution >= 0.6 is 11.8 Å². The number of benzene rings is 2. The topological polar surface area (TPSA) is 74.9 Å². The first kappa shape index (κ1) is 19.5. The van der Waals surface area contributed by atoms with Gasteiger partial charge in [-0.25, -0.2) is 4.99 Å². The number of rotatable bonds is 5. The zero-order valence-electron chi connectivity index (χ0n) is 15.7. The molecule has 0 saturated heterocycles. The van der Waals surface area contributed by atoms with Crippen molar-refractivity contribution in [2.45, 2.75) is 12.2 Å². The molecule has 0 aliphatic carbocycles. The minimum atomic E-state index is -0.347. The van der Waals surface area contributed by atoms with Gasteiger partial charge in [-0.2, -0.15) is 5.26 Å². The van der Waals surface area contributed by atoms with E-state index in [4.69, 9.17) is 9.47 Å². The minimum Gasteiger partial charge on any atom is -0.497 e. The average molecular weight is 393 g/mol. The SMILES string of the molecule is COc1ccc(/C=C2\N=C(S[C@@H](C)C#N)N(c3cccc(OC)c3)C2=O)cc1. The zero-order valence-corrected chi connectivity index (χ0v) is 16.6. The predicted molar refractivity (Wildman–Crippen MR) is 112 cm³/mol. The smallest absolute Gasteiger partial charge is 0.283 e. The summed E-state index contributed by atoms with van der Waals surface area (Å²) in [6.45, 7) is 1.77. The number of amides is 1. The van der Waals surface area contributed by atoms with Crippen molar-refractivity contribution in [1.29, 1.82) is 5.26 Å². The number of amidine groups is 1. The van der Waals surface area contributed by atoms with Gasteiger partial charge in [0.1, 0.15) is 17.2 Å². The molecule has 0 aromatic heterocycles. The lowest BCUT2D eigenvalue weighted by molar-refractivity contribution is -0.113. The maximum atomic E-state index is 13.1. The molecular weight excluding hydrogens is 374 g/mol. The number of hydrogen-bond donors (Lipinski definition) is 0. The minimum absolute atomic E-state index is 0.253. The first-order valence-electron chi connectivity index (χ1n) is 8.55. The average Bonchev–Trinajstić information content (AvgIpc) is 3.03. The van der Waals surface area contributed by atoms with E-state index in [9.17, 15) is 10.1 Å². The van der Waals surface area contributed by atoms with E-state index in [1.165, 1.54) is 16.7 Å². The van der Waals surface area contributed by atoms with Gasteiger partial charge in [-0.1, -0.05) is 30.0 Å². The normalized spacial score (nSPS) is 15.9. The Morgan fingerprint density at radius 2 is 1.86 bits per heavy atom. The molecule has 0 spiro atoms. The number of carbonyl (C=O) groups is 1. The quantitative estimate of drug-likeness (QED) is 0.715. The van der Waals surface area contributed by atoms with Crippen molar-refractivity contribution in [1.82, 2.24) is 0 Å². The molecule has 0 N–H and O–H groups in total.